The average Bonchev–Trinajstić information content (AvgIpc) is 2.46. The Morgan fingerprint density at radius 1 is 1.26 bits per heavy atom. The number of hydrogen-bond donors (Lipinski definition) is 0. The Balaban J connectivity index is 1.92. The number of amides is 1. The van der Waals surface area contributed by atoms with Crippen LogP contribution in [0.5, 0.6) is 0 Å². The highest BCUT2D eigenvalue weighted by Gasteiger charge is 2.24. The van der Waals surface area contributed by atoms with Gasteiger partial charge in [0.15, 0.2) is 0 Å². The maximum absolute atomic E-state index is 12.9. The van der Waals surface area contributed by atoms with Gasteiger partial charge in [-0.15, -0.1) is 0 Å². The molecule has 1 unspecified atom stereocenters. The van der Waals surface area contributed by atoms with Crippen molar-refractivity contribution in [3.05, 3.63) is 30.1 Å². The minimum atomic E-state index is -0.220. The van der Waals surface area contributed by atoms with Crippen molar-refractivity contribution in [3.63, 3.8) is 0 Å². The van der Waals surface area contributed by atoms with Gasteiger partial charge in [-0.3, -0.25) is 4.79 Å². The molecule has 1 saturated heterocycles. The molecule has 104 valence electrons. The molecule has 1 atom stereocenters. The second-order valence-corrected chi connectivity index (χ2v) is 5.77. The summed E-state index contributed by atoms with van der Waals surface area (Å²) in [6.45, 7) is 5.02. The van der Waals surface area contributed by atoms with Crippen molar-refractivity contribution in [2.45, 2.75) is 18.2 Å². The van der Waals surface area contributed by atoms with Crippen LogP contribution in [0, 0.1) is 5.82 Å². The van der Waals surface area contributed by atoms with E-state index in [2.05, 4.69) is 20.8 Å². The molecule has 0 bridgehead atoms. The minimum absolute atomic E-state index is 0.0788. The fourth-order valence-electron chi connectivity index (χ4n) is 2.21. The fraction of sp³-hybridized carbons (Fsp3) is 0.500. The number of nitrogens with zero attached hydrogens (tertiary/aromatic N) is 2. The van der Waals surface area contributed by atoms with Gasteiger partial charge in [-0.05, 0) is 30.7 Å². The van der Waals surface area contributed by atoms with E-state index in [1.54, 1.807) is 12.1 Å². The number of halogens is 2. The van der Waals surface area contributed by atoms with E-state index in [1.807, 2.05) is 11.8 Å². The molecular weight excluding hydrogens is 311 g/mol. The summed E-state index contributed by atoms with van der Waals surface area (Å²) < 4.78 is 12.9. The van der Waals surface area contributed by atoms with Gasteiger partial charge < -0.3 is 9.80 Å². The molecule has 0 aliphatic carbocycles. The van der Waals surface area contributed by atoms with E-state index in [0.717, 1.165) is 38.3 Å². The summed E-state index contributed by atoms with van der Waals surface area (Å²) in [5.41, 5.74) is 1.01. The Kier molecular flexibility index (Phi) is 4.80. The van der Waals surface area contributed by atoms with Gasteiger partial charge in [0.25, 0.3) is 0 Å². The zero-order valence-corrected chi connectivity index (χ0v) is 12.6. The maximum atomic E-state index is 12.9. The van der Waals surface area contributed by atoms with Crippen LogP contribution in [0.1, 0.15) is 13.3 Å². The second-order valence-electron chi connectivity index (χ2n) is 4.66. The number of alkyl halides is 1. The molecule has 0 aromatic heterocycles. The monoisotopic (exact) mass is 328 g/mol. The quantitative estimate of drug-likeness (QED) is 0.796. The Morgan fingerprint density at radius 2 is 1.84 bits per heavy atom. The molecule has 1 heterocycles. The normalized spacial score (nSPS) is 17.4. The molecule has 0 N–H and O–H groups in total. The Hall–Kier alpha value is -1.10. The molecule has 0 saturated carbocycles. The van der Waals surface area contributed by atoms with Gasteiger partial charge in [-0.1, -0.05) is 22.9 Å². The Labute approximate surface area is 121 Å². The topological polar surface area (TPSA) is 23.6 Å². The summed E-state index contributed by atoms with van der Waals surface area (Å²) in [4.78, 5) is 16.0. The average molecular weight is 329 g/mol. The molecule has 19 heavy (non-hydrogen) atoms. The first-order valence-corrected chi connectivity index (χ1v) is 7.46. The van der Waals surface area contributed by atoms with E-state index in [1.165, 1.54) is 12.1 Å². The molecule has 1 aliphatic heterocycles. The molecule has 1 fully saturated rings. The number of anilines is 1. The third-order valence-electron chi connectivity index (χ3n) is 3.41. The highest BCUT2D eigenvalue weighted by atomic mass is 79.9. The molecule has 0 spiro atoms. The van der Waals surface area contributed by atoms with Crippen LogP contribution in [0.4, 0.5) is 10.1 Å². The lowest BCUT2D eigenvalue weighted by Gasteiger charge is -2.36. The highest BCUT2D eigenvalue weighted by molar-refractivity contribution is 9.10. The van der Waals surface area contributed by atoms with E-state index in [4.69, 9.17) is 0 Å². The number of carbonyl (C=O) groups is 1. The molecular formula is C14H18BrFN2O. The number of rotatable bonds is 3. The molecule has 3 nitrogen and oxygen atoms in total. The predicted octanol–water partition coefficient (Wildman–Crippen LogP) is 2.65. The van der Waals surface area contributed by atoms with Crippen LogP contribution in [0.25, 0.3) is 0 Å². The summed E-state index contributed by atoms with van der Waals surface area (Å²) in [6.07, 6.45) is 0.803. The van der Waals surface area contributed by atoms with Crippen LogP contribution in [0.15, 0.2) is 24.3 Å². The zero-order chi connectivity index (χ0) is 13.8. The van der Waals surface area contributed by atoms with Crippen molar-refractivity contribution in [2.24, 2.45) is 0 Å². The third kappa shape index (κ3) is 3.47. The molecule has 1 amide bonds. The van der Waals surface area contributed by atoms with Gasteiger partial charge in [-0.2, -0.15) is 0 Å². The van der Waals surface area contributed by atoms with E-state index in [9.17, 15) is 9.18 Å². The van der Waals surface area contributed by atoms with Gasteiger partial charge >= 0.3 is 0 Å². The van der Waals surface area contributed by atoms with Crippen LogP contribution in [0.3, 0.4) is 0 Å². The van der Waals surface area contributed by atoms with Crippen LogP contribution in [-0.4, -0.2) is 41.8 Å². The zero-order valence-electron chi connectivity index (χ0n) is 11.0. The summed E-state index contributed by atoms with van der Waals surface area (Å²) in [7, 11) is 0. The smallest absolute Gasteiger partial charge is 0.236 e. The largest absolute Gasteiger partial charge is 0.368 e. The predicted molar refractivity (Wildman–Crippen MR) is 78.2 cm³/mol. The fourth-order valence-corrected chi connectivity index (χ4v) is 2.50. The van der Waals surface area contributed by atoms with Crippen molar-refractivity contribution in [2.75, 3.05) is 31.1 Å². The Morgan fingerprint density at radius 3 is 2.37 bits per heavy atom. The van der Waals surface area contributed by atoms with Gasteiger partial charge in [0.1, 0.15) is 5.82 Å². The summed E-state index contributed by atoms with van der Waals surface area (Å²) in [5.74, 6) is -0.0519. The number of carbonyl (C=O) groups excluding carboxylic acids is 1. The summed E-state index contributed by atoms with van der Waals surface area (Å²) in [6, 6.07) is 6.51. The van der Waals surface area contributed by atoms with Crippen molar-refractivity contribution in [3.8, 4) is 0 Å². The van der Waals surface area contributed by atoms with Crippen LogP contribution >= 0.6 is 15.9 Å². The summed E-state index contributed by atoms with van der Waals surface area (Å²) in [5, 5.41) is 0. The van der Waals surface area contributed by atoms with E-state index < -0.39 is 0 Å². The third-order valence-corrected chi connectivity index (χ3v) is 4.45. The van der Waals surface area contributed by atoms with Crippen LogP contribution in [0.2, 0.25) is 0 Å². The molecule has 2 rings (SSSR count). The second kappa shape index (κ2) is 6.37. The SMILES string of the molecule is CCC(Br)C(=O)N1CCN(c2ccc(F)cc2)CC1. The highest BCUT2D eigenvalue weighted by Crippen LogP contribution is 2.18. The number of piperazine rings is 1. The molecule has 1 aromatic carbocycles. The van der Waals surface area contributed by atoms with E-state index in [-0.39, 0.29) is 16.6 Å². The molecule has 1 aliphatic rings. The van der Waals surface area contributed by atoms with Crippen molar-refractivity contribution in [1.29, 1.82) is 0 Å². The molecule has 0 radical (unpaired) electrons. The standard InChI is InChI=1S/C14H18BrFN2O/c1-2-13(15)14(19)18-9-7-17(8-10-18)12-5-3-11(16)4-6-12/h3-6,13H,2,7-10H2,1H3. The molecule has 1 aromatic rings. The lowest BCUT2D eigenvalue weighted by Crippen LogP contribution is -2.50. The number of hydrogen-bond acceptors (Lipinski definition) is 2. The first-order chi connectivity index (χ1) is 9.11. The van der Waals surface area contributed by atoms with Gasteiger partial charge in [0.05, 0.1) is 4.83 Å². The van der Waals surface area contributed by atoms with Gasteiger partial charge in [0.2, 0.25) is 5.91 Å². The van der Waals surface area contributed by atoms with E-state index in [0.29, 0.717) is 0 Å². The lowest BCUT2D eigenvalue weighted by molar-refractivity contribution is -0.130. The van der Waals surface area contributed by atoms with Crippen LogP contribution < -0.4 is 4.90 Å². The summed E-state index contributed by atoms with van der Waals surface area (Å²) >= 11 is 3.40. The first-order valence-electron chi connectivity index (χ1n) is 6.55. The van der Waals surface area contributed by atoms with E-state index >= 15 is 0 Å². The minimum Gasteiger partial charge on any atom is -0.368 e. The van der Waals surface area contributed by atoms with Crippen molar-refractivity contribution < 1.29 is 9.18 Å². The maximum Gasteiger partial charge on any atom is 0.236 e. The molecule has 5 heteroatoms. The lowest BCUT2D eigenvalue weighted by atomic mass is 10.2. The van der Waals surface area contributed by atoms with Crippen LogP contribution in [-0.2, 0) is 4.79 Å². The van der Waals surface area contributed by atoms with Crippen molar-refractivity contribution >= 4 is 27.5 Å². The number of benzene rings is 1. The first kappa shape index (κ1) is 14.3. The Bertz CT molecular complexity index is 430. The van der Waals surface area contributed by atoms with Gasteiger partial charge in [-0.25, -0.2) is 4.39 Å². The van der Waals surface area contributed by atoms with Crippen molar-refractivity contribution in [1.82, 2.24) is 4.90 Å². The van der Waals surface area contributed by atoms with Gasteiger partial charge in [0, 0.05) is 31.9 Å².